The van der Waals surface area contributed by atoms with E-state index < -0.39 is 12.0 Å². The number of carbonyl (C=O) groups is 2. The molecule has 0 aromatic heterocycles. The molecule has 0 aliphatic carbocycles. The van der Waals surface area contributed by atoms with E-state index in [1.807, 2.05) is 45.9 Å². The summed E-state index contributed by atoms with van der Waals surface area (Å²) in [5, 5.41) is 11.7. The Hall–Kier alpha value is -1.84. The number of hydrogen-bond donors (Lipinski definition) is 2. The first-order valence-electron chi connectivity index (χ1n) is 6.88. The Morgan fingerprint density at radius 1 is 1.20 bits per heavy atom. The monoisotopic (exact) mass is 277 g/mol. The molecule has 1 aromatic rings. The van der Waals surface area contributed by atoms with Crippen LogP contribution < -0.4 is 5.32 Å². The van der Waals surface area contributed by atoms with E-state index in [0.717, 1.165) is 16.7 Å². The molecule has 0 saturated heterocycles. The summed E-state index contributed by atoms with van der Waals surface area (Å²) < 4.78 is 0. The standard InChI is InChI=1S/C16H23NO3/c1-10(2)8-14(16(19)20)17-15(18)9-13-11(3)6-5-7-12(13)4/h5-7,10,14H,8-9H2,1-4H3,(H,17,18)(H,19,20)/t14-/m1/s1. The zero-order valence-electron chi connectivity index (χ0n) is 12.6. The molecule has 0 aliphatic heterocycles. The van der Waals surface area contributed by atoms with Crippen LogP contribution in [0.3, 0.4) is 0 Å². The van der Waals surface area contributed by atoms with E-state index in [9.17, 15) is 9.59 Å². The van der Waals surface area contributed by atoms with Crippen molar-refractivity contribution in [3.63, 3.8) is 0 Å². The van der Waals surface area contributed by atoms with Crippen LogP contribution in [-0.4, -0.2) is 23.0 Å². The van der Waals surface area contributed by atoms with Crippen molar-refractivity contribution in [3.05, 3.63) is 34.9 Å². The molecule has 0 saturated carbocycles. The number of benzene rings is 1. The van der Waals surface area contributed by atoms with Crippen LogP contribution in [0, 0.1) is 19.8 Å². The summed E-state index contributed by atoms with van der Waals surface area (Å²) in [7, 11) is 0. The summed E-state index contributed by atoms with van der Waals surface area (Å²) in [5.74, 6) is -0.999. The van der Waals surface area contributed by atoms with Gasteiger partial charge in [-0.3, -0.25) is 4.79 Å². The Balaban J connectivity index is 2.73. The lowest BCUT2D eigenvalue weighted by molar-refractivity contribution is -0.142. The van der Waals surface area contributed by atoms with Gasteiger partial charge in [0.1, 0.15) is 6.04 Å². The fraction of sp³-hybridized carbons (Fsp3) is 0.500. The molecule has 20 heavy (non-hydrogen) atoms. The fourth-order valence-electron chi connectivity index (χ4n) is 2.23. The number of rotatable bonds is 6. The van der Waals surface area contributed by atoms with Gasteiger partial charge in [0.15, 0.2) is 0 Å². The molecule has 0 spiro atoms. The second kappa shape index (κ2) is 7.08. The number of carbonyl (C=O) groups excluding carboxylic acids is 1. The molecule has 1 atom stereocenters. The predicted octanol–water partition coefficient (Wildman–Crippen LogP) is 2.46. The third-order valence-electron chi connectivity index (χ3n) is 3.32. The number of carboxylic acid groups (broad SMARTS) is 1. The number of amides is 1. The van der Waals surface area contributed by atoms with E-state index in [-0.39, 0.29) is 18.2 Å². The van der Waals surface area contributed by atoms with Crippen molar-refractivity contribution in [1.29, 1.82) is 0 Å². The molecule has 0 unspecified atom stereocenters. The number of nitrogens with one attached hydrogen (secondary N) is 1. The van der Waals surface area contributed by atoms with Crippen LogP contribution in [0.1, 0.15) is 37.0 Å². The molecule has 4 nitrogen and oxygen atoms in total. The van der Waals surface area contributed by atoms with Gasteiger partial charge < -0.3 is 10.4 Å². The SMILES string of the molecule is Cc1cccc(C)c1CC(=O)N[C@H](CC(C)C)C(=O)O. The number of aliphatic carboxylic acids is 1. The molecule has 0 fully saturated rings. The van der Waals surface area contributed by atoms with Crippen LogP contribution in [0.25, 0.3) is 0 Å². The van der Waals surface area contributed by atoms with E-state index in [1.54, 1.807) is 0 Å². The third-order valence-corrected chi connectivity index (χ3v) is 3.32. The Morgan fingerprint density at radius 3 is 2.20 bits per heavy atom. The second-order valence-corrected chi connectivity index (χ2v) is 5.64. The predicted molar refractivity (Wildman–Crippen MR) is 78.6 cm³/mol. The lowest BCUT2D eigenvalue weighted by Crippen LogP contribution is -2.42. The van der Waals surface area contributed by atoms with Gasteiger partial charge >= 0.3 is 5.97 Å². The van der Waals surface area contributed by atoms with Gasteiger partial charge in [-0.15, -0.1) is 0 Å². The highest BCUT2D eigenvalue weighted by molar-refractivity contribution is 5.85. The Kier molecular flexibility index (Phi) is 5.74. The van der Waals surface area contributed by atoms with Gasteiger partial charge in [-0.1, -0.05) is 32.0 Å². The molecule has 1 aromatic carbocycles. The van der Waals surface area contributed by atoms with Gasteiger partial charge in [0.2, 0.25) is 5.91 Å². The first-order chi connectivity index (χ1) is 9.31. The van der Waals surface area contributed by atoms with Crippen LogP contribution in [0.4, 0.5) is 0 Å². The van der Waals surface area contributed by atoms with Crippen LogP contribution >= 0.6 is 0 Å². The maximum absolute atomic E-state index is 12.0. The third kappa shape index (κ3) is 4.68. The van der Waals surface area contributed by atoms with Gasteiger partial charge in [-0.2, -0.15) is 0 Å². The summed E-state index contributed by atoms with van der Waals surface area (Å²) in [6.07, 6.45) is 0.661. The van der Waals surface area contributed by atoms with E-state index in [4.69, 9.17) is 5.11 Å². The van der Waals surface area contributed by atoms with E-state index in [2.05, 4.69) is 5.32 Å². The molecule has 4 heteroatoms. The van der Waals surface area contributed by atoms with Crippen molar-refractivity contribution in [2.24, 2.45) is 5.92 Å². The van der Waals surface area contributed by atoms with Crippen LogP contribution in [0.5, 0.6) is 0 Å². The maximum Gasteiger partial charge on any atom is 0.326 e. The van der Waals surface area contributed by atoms with E-state index >= 15 is 0 Å². The number of hydrogen-bond acceptors (Lipinski definition) is 2. The molecule has 0 radical (unpaired) electrons. The number of aryl methyl sites for hydroxylation is 2. The highest BCUT2D eigenvalue weighted by Crippen LogP contribution is 2.14. The molecular formula is C16H23NO3. The summed E-state index contributed by atoms with van der Waals surface area (Å²) in [5.41, 5.74) is 3.07. The van der Waals surface area contributed by atoms with Gasteiger partial charge in [0.25, 0.3) is 0 Å². The average Bonchev–Trinajstić information content (AvgIpc) is 2.32. The number of carboxylic acids is 1. The first-order valence-corrected chi connectivity index (χ1v) is 6.88. The molecular weight excluding hydrogens is 254 g/mol. The second-order valence-electron chi connectivity index (χ2n) is 5.64. The van der Waals surface area contributed by atoms with E-state index in [0.29, 0.717) is 6.42 Å². The Bertz CT molecular complexity index is 474. The van der Waals surface area contributed by atoms with E-state index in [1.165, 1.54) is 0 Å². The highest BCUT2D eigenvalue weighted by atomic mass is 16.4. The van der Waals surface area contributed by atoms with Crippen molar-refractivity contribution in [1.82, 2.24) is 5.32 Å². The molecule has 1 rings (SSSR count). The molecule has 0 bridgehead atoms. The van der Waals surface area contributed by atoms with Crippen LogP contribution in [0.2, 0.25) is 0 Å². The van der Waals surface area contributed by atoms with Crippen LogP contribution in [-0.2, 0) is 16.0 Å². The normalized spacial score (nSPS) is 12.2. The minimum absolute atomic E-state index is 0.219. The van der Waals surface area contributed by atoms with Crippen molar-refractivity contribution in [2.45, 2.75) is 46.6 Å². The summed E-state index contributed by atoms with van der Waals surface area (Å²) in [6, 6.07) is 5.05. The van der Waals surface area contributed by atoms with Crippen LogP contribution in [0.15, 0.2) is 18.2 Å². The molecule has 1 amide bonds. The summed E-state index contributed by atoms with van der Waals surface area (Å²) in [6.45, 7) is 7.79. The average molecular weight is 277 g/mol. The quantitative estimate of drug-likeness (QED) is 0.839. The minimum Gasteiger partial charge on any atom is -0.480 e. The zero-order valence-corrected chi connectivity index (χ0v) is 12.6. The largest absolute Gasteiger partial charge is 0.480 e. The van der Waals surface area contributed by atoms with Crippen molar-refractivity contribution >= 4 is 11.9 Å². The lowest BCUT2D eigenvalue weighted by atomic mass is 9.99. The minimum atomic E-state index is -0.978. The molecule has 0 heterocycles. The van der Waals surface area contributed by atoms with Crippen molar-refractivity contribution in [3.8, 4) is 0 Å². The Labute approximate surface area is 120 Å². The highest BCUT2D eigenvalue weighted by Gasteiger charge is 2.21. The van der Waals surface area contributed by atoms with Crippen molar-refractivity contribution < 1.29 is 14.7 Å². The smallest absolute Gasteiger partial charge is 0.326 e. The van der Waals surface area contributed by atoms with Crippen molar-refractivity contribution in [2.75, 3.05) is 0 Å². The van der Waals surface area contributed by atoms with Gasteiger partial charge in [0, 0.05) is 0 Å². The first kappa shape index (κ1) is 16.2. The lowest BCUT2D eigenvalue weighted by Gasteiger charge is -2.17. The molecule has 2 N–H and O–H groups in total. The Morgan fingerprint density at radius 2 is 1.75 bits per heavy atom. The van der Waals surface area contributed by atoms with Gasteiger partial charge in [-0.25, -0.2) is 4.79 Å². The molecule has 110 valence electrons. The summed E-state index contributed by atoms with van der Waals surface area (Å²) >= 11 is 0. The fourth-order valence-corrected chi connectivity index (χ4v) is 2.23. The van der Waals surface area contributed by atoms with Gasteiger partial charge in [-0.05, 0) is 42.9 Å². The molecule has 0 aliphatic rings. The van der Waals surface area contributed by atoms with Gasteiger partial charge in [0.05, 0.1) is 6.42 Å². The maximum atomic E-state index is 12.0. The summed E-state index contributed by atoms with van der Waals surface area (Å²) in [4.78, 5) is 23.2. The zero-order chi connectivity index (χ0) is 15.3. The topological polar surface area (TPSA) is 66.4 Å².